The van der Waals surface area contributed by atoms with Gasteiger partial charge in [-0.25, -0.2) is 9.67 Å². The quantitative estimate of drug-likeness (QED) is 0.887. The van der Waals surface area contributed by atoms with Crippen molar-refractivity contribution in [3.63, 3.8) is 0 Å². The lowest BCUT2D eigenvalue weighted by Gasteiger charge is -2.30. The molecule has 2 atom stereocenters. The van der Waals surface area contributed by atoms with Crippen LogP contribution in [-0.4, -0.2) is 39.8 Å². The molecule has 0 radical (unpaired) electrons. The zero-order valence-electron chi connectivity index (χ0n) is 13.1. The Balaban J connectivity index is 0.00000192. The van der Waals surface area contributed by atoms with E-state index in [9.17, 15) is 4.79 Å². The highest BCUT2D eigenvalue weighted by Crippen LogP contribution is 2.14. The van der Waals surface area contributed by atoms with Crippen LogP contribution in [0, 0.1) is 5.92 Å². The SMILES string of the molecule is CC1CNCCC1NC(=O)c1ccccc1Cn1cncn1.Cl. The number of halogens is 1. The lowest BCUT2D eigenvalue weighted by Crippen LogP contribution is -2.48. The van der Waals surface area contributed by atoms with Crippen molar-refractivity contribution in [1.82, 2.24) is 25.4 Å². The van der Waals surface area contributed by atoms with Crippen molar-refractivity contribution >= 4 is 18.3 Å². The summed E-state index contributed by atoms with van der Waals surface area (Å²) in [7, 11) is 0. The number of nitrogens with one attached hydrogen (secondary N) is 2. The fourth-order valence-corrected chi connectivity index (χ4v) is 2.84. The Hall–Kier alpha value is -1.92. The first-order valence-corrected chi connectivity index (χ1v) is 7.66. The zero-order chi connectivity index (χ0) is 15.4. The number of nitrogens with zero attached hydrogens (tertiary/aromatic N) is 3. The highest BCUT2D eigenvalue weighted by molar-refractivity contribution is 5.95. The summed E-state index contributed by atoms with van der Waals surface area (Å²) in [4.78, 5) is 16.6. The molecule has 6 nitrogen and oxygen atoms in total. The minimum atomic E-state index is -0.00512. The van der Waals surface area contributed by atoms with Crippen molar-refractivity contribution in [1.29, 1.82) is 0 Å². The van der Waals surface area contributed by atoms with E-state index in [1.54, 1.807) is 11.0 Å². The molecule has 0 spiro atoms. The number of amides is 1. The Morgan fingerprint density at radius 3 is 3.00 bits per heavy atom. The third-order valence-corrected chi connectivity index (χ3v) is 4.16. The topological polar surface area (TPSA) is 71.8 Å². The third kappa shape index (κ3) is 4.30. The number of benzene rings is 1. The first-order valence-electron chi connectivity index (χ1n) is 7.66. The summed E-state index contributed by atoms with van der Waals surface area (Å²) in [6, 6.07) is 7.89. The van der Waals surface area contributed by atoms with Crippen LogP contribution in [0.2, 0.25) is 0 Å². The van der Waals surface area contributed by atoms with Gasteiger partial charge in [0.05, 0.1) is 6.54 Å². The molecule has 1 aromatic heterocycles. The lowest BCUT2D eigenvalue weighted by molar-refractivity contribution is 0.0913. The van der Waals surface area contributed by atoms with Gasteiger partial charge < -0.3 is 10.6 Å². The second-order valence-corrected chi connectivity index (χ2v) is 5.80. The summed E-state index contributed by atoms with van der Waals surface area (Å²) in [6.45, 7) is 4.62. The van der Waals surface area contributed by atoms with Crippen molar-refractivity contribution in [2.45, 2.75) is 25.9 Å². The van der Waals surface area contributed by atoms with E-state index in [0.29, 0.717) is 18.0 Å². The van der Waals surface area contributed by atoms with E-state index < -0.39 is 0 Å². The number of aromatic nitrogens is 3. The van der Waals surface area contributed by atoms with Crippen LogP contribution in [0.25, 0.3) is 0 Å². The van der Waals surface area contributed by atoms with Crippen LogP contribution < -0.4 is 10.6 Å². The molecule has 2 heterocycles. The largest absolute Gasteiger partial charge is 0.349 e. The van der Waals surface area contributed by atoms with Crippen LogP contribution in [0.1, 0.15) is 29.3 Å². The number of hydrogen-bond donors (Lipinski definition) is 2. The van der Waals surface area contributed by atoms with E-state index in [1.165, 1.54) is 6.33 Å². The van der Waals surface area contributed by atoms with Crippen LogP contribution in [0.3, 0.4) is 0 Å². The van der Waals surface area contributed by atoms with E-state index in [4.69, 9.17) is 0 Å². The molecule has 3 rings (SSSR count). The molecule has 1 amide bonds. The van der Waals surface area contributed by atoms with Crippen molar-refractivity contribution in [3.8, 4) is 0 Å². The maximum absolute atomic E-state index is 12.6. The van der Waals surface area contributed by atoms with Gasteiger partial charge in [0.1, 0.15) is 12.7 Å². The standard InChI is InChI=1S/C16H21N5O.ClH/c1-12-8-17-7-6-15(12)20-16(22)14-5-3-2-4-13(14)9-21-11-18-10-19-21;/h2-5,10-12,15,17H,6-9H2,1H3,(H,20,22);1H. The Kier molecular flexibility index (Phi) is 6.12. The second-order valence-electron chi connectivity index (χ2n) is 5.80. The number of hydrogen-bond acceptors (Lipinski definition) is 4. The van der Waals surface area contributed by atoms with Gasteiger partial charge in [-0.2, -0.15) is 5.10 Å². The molecule has 1 fully saturated rings. The Morgan fingerprint density at radius 1 is 1.43 bits per heavy atom. The minimum Gasteiger partial charge on any atom is -0.349 e. The number of piperidine rings is 1. The summed E-state index contributed by atoms with van der Waals surface area (Å²) in [5.74, 6) is 0.439. The molecule has 0 saturated carbocycles. The first-order chi connectivity index (χ1) is 10.7. The second kappa shape index (κ2) is 8.08. The molecule has 7 heteroatoms. The average molecular weight is 336 g/mol. The Morgan fingerprint density at radius 2 is 2.26 bits per heavy atom. The van der Waals surface area contributed by atoms with E-state index in [1.807, 2.05) is 24.3 Å². The van der Waals surface area contributed by atoms with Gasteiger partial charge in [0, 0.05) is 11.6 Å². The minimum absolute atomic E-state index is 0. The van der Waals surface area contributed by atoms with Crippen LogP contribution in [0.5, 0.6) is 0 Å². The fourth-order valence-electron chi connectivity index (χ4n) is 2.84. The van der Waals surface area contributed by atoms with Crippen LogP contribution in [0.4, 0.5) is 0 Å². The molecule has 23 heavy (non-hydrogen) atoms. The van der Waals surface area contributed by atoms with Crippen LogP contribution in [0.15, 0.2) is 36.9 Å². The number of carbonyl (C=O) groups is 1. The highest BCUT2D eigenvalue weighted by Gasteiger charge is 2.23. The molecule has 2 N–H and O–H groups in total. The predicted octanol–water partition coefficient (Wildman–Crippen LogP) is 1.48. The van der Waals surface area contributed by atoms with E-state index in [2.05, 4.69) is 27.6 Å². The monoisotopic (exact) mass is 335 g/mol. The zero-order valence-corrected chi connectivity index (χ0v) is 13.9. The van der Waals surface area contributed by atoms with Gasteiger partial charge in [-0.15, -0.1) is 12.4 Å². The molecule has 0 bridgehead atoms. The summed E-state index contributed by atoms with van der Waals surface area (Å²) < 4.78 is 1.72. The highest BCUT2D eigenvalue weighted by atomic mass is 35.5. The molecular weight excluding hydrogens is 314 g/mol. The van der Waals surface area contributed by atoms with Gasteiger partial charge in [0.15, 0.2) is 0 Å². The van der Waals surface area contributed by atoms with E-state index >= 15 is 0 Å². The van der Waals surface area contributed by atoms with Gasteiger partial charge in [0.2, 0.25) is 0 Å². The maximum atomic E-state index is 12.6. The van der Waals surface area contributed by atoms with Crippen LogP contribution in [-0.2, 0) is 6.54 Å². The molecule has 1 aliphatic heterocycles. The molecule has 2 aromatic rings. The van der Waals surface area contributed by atoms with Crippen molar-refractivity contribution in [2.24, 2.45) is 5.92 Å². The number of rotatable bonds is 4. The fraction of sp³-hybridized carbons (Fsp3) is 0.438. The Labute approximate surface area is 142 Å². The lowest BCUT2D eigenvalue weighted by atomic mass is 9.94. The molecule has 1 aliphatic rings. The van der Waals surface area contributed by atoms with Gasteiger partial charge >= 0.3 is 0 Å². The van der Waals surface area contributed by atoms with Gasteiger partial charge in [-0.1, -0.05) is 25.1 Å². The molecule has 124 valence electrons. The molecular formula is C16H22ClN5O. The maximum Gasteiger partial charge on any atom is 0.251 e. The molecule has 2 unspecified atom stereocenters. The number of carbonyl (C=O) groups excluding carboxylic acids is 1. The summed E-state index contributed by atoms with van der Waals surface area (Å²) in [5.41, 5.74) is 1.66. The summed E-state index contributed by atoms with van der Waals surface area (Å²) >= 11 is 0. The van der Waals surface area contributed by atoms with Gasteiger partial charge in [0.25, 0.3) is 5.91 Å². The van der Waals surface area contributed by atoms with Crippen molar-refractivity contribution in [2.75, 3.05) is 13.1 Å². The van der Waals surface area contributed by atoms with E-state index in [0.717, 1.165) is 25.1 Å². The average Bonchev–Trinajstić information content (AvgIpc) is 3.03. The van der Waals surface area contributed by atoms with Gasteiger partial charge in [-0.3, -0.25) is 4.79 Å². The smallest absolute Gasteiger partial charge is 0.251 e. The Bertz CT molecular complexity index is 631. The van der Waals surface area contributed by atoms with E-state index in [-0.39, 0.29) is 24.4 Å². The molecule has 1 aromatic carbocycles. The third-order valence-electron chi connectivity index (χ3n) is 4.16. The predicted molar refractivity (Wildman–Crippen MR) is 90.7 cm³/mol. The van der Waals surface area contributed by atoms with Crippen LogP contribution >= 0.6 is 12.4 Å². The van der Waals surface area contributed by atoms with Crippen molar-refractivity contribution in [3.05, 3.63) is 48.0 Å². The molecule has 0 aliphatic carbocycles. The summed E-state index contributed by atoms with van der Waals surface area (Å²) in [6.07, 6.45) is 4.13. The van der Waals surface area contributed by atoms with Gasteiger partial charge in [-0.05, 0) is 37.1 Å². The normalized spacial score (nSPS) is 20.6. The van der Waals surface area contributed by atoms with Crippen molar-refractivity contribution < 1.29 is 4.79 Å². The molecule has 1 saturated heterocycles. The summed E-state index contributed by atoms with van der Waals surface area (Å²) in [5, 5.41) is 10.6. The first kappa shape index (κ1) is 17.4.